The van der Waals surface area contributed by atoms with Gasteiger partial charge in [0.25, 0.3) is 0 Å². The lowest BCUT2D eigenvalue weighted by molar-refractivity contribution is 0.322. The molecule has 100 valence electrons. The molecular weight excluding hydrogens is 218 g/mol. The molecule has 1 fully saturated rings. The van der Waals surface area contributed by atoms with Crippen molar-refractivity contribution in [3.05, 3.63) is 35.4 Å². The van der Waals surface area contributed by atoms with E-state index in [4.69, 9.17) is 0 Å². The zero-order valence-corrected chi connectivity index (χ0v) is 12.1. The molecule has 1 aromatic carbocycles. The van der Waals surface area contributed by atoms with Gasteiger partial charge >= 0.3 is 0 Å². The van der Waals surface area contributed by atoms with Crippen molar-refractivity contribution in [3.63, 3.8) is 0 Å². The van der Waals surface area contributed by atoms with Crippen LogP contribution in [0.1, 0.15) is 50.7 Å². The summed E-state index contributed by atoms with van der Waals surface area (Å²) in [7, 11) is 0. The highest BCUT2D eigenvalue weighted by Crippen LogP contribution is 2.40. The van der Waals surface area contributed by atoms with Gasteiger partial charge in [-0.2, -0.15) is 0 Å². The summed E-state index contributed by atoms with van der Waals surface area (Å²) in [6.45, 7) is 8.03. The van der Waals surface area contributed by atoms with E-state index in [1.807, 2.05) is 0 Å². The predicted octanol–water partition coefficient (Wildman–Crippen LogP) is 4.10. The molecule has 1 nitrogen and oxygen atoms in total. The van der Waals surface area contributed by atoms with Crippen LogP contribution in [0.25, 0.3) is 0 Å². The Hall–Kier alpha value is -0.820. The summed E-state index contributed by atoms with van der Waals surface area (Å²) < 4.78 is 0. The Morgan fingerprint density at radius 3 is 2.67 bits per heavy atom. The first kappa shape index (κ1) is 13.6. The van der Waals surface area contributed by atoms with Crippen molar-refractivity contribution in [2.45, 2.75) is 58.9 Å². The molecular formula is C17H27N. The second-order valence-electron chi connectivity index (χ2n) is 6.37. The van der Waals surface area contributed by atoms with Crippen LogP contribution in [0.5, 0.6) is 0 Å². The molecule has 1 N–H and O–H groups in total. The van der Waals surface area contributed by atoms with Gasteiger partial charge in [0, 0.05) is 6.04 Å². The van der Waals surface area contributed by atoms with Crippen molar-refractivity contribution >= 4 is 0 Å². The molecule has 0 aliphatic heterocycles. The second kappa shape index (κ2) is 5.88. The first-order chi connectivity index (χ1) is 8.61. The van der Waals surface area contributed by atoms with Gasteiger partial charge < -0.3 is 5.32 Å². The molecule has 0 aromatic heterocycles. The van der Waals surface area contributed by atoms with Crippen LogP contribution in [-0.2, 0) is 6.42 Å². The summed E-state index contributed by atoms with van der Waals surface area (Å²) >= 11 is 0. The Bertz CT molecular complexity index is 368. The maximum atomic E-state index is 3.68. The van der Waals surface area contributed by atoms with Gasteiger partial charge in [-0.15, -0.1) is 0 Å². The molecule has 18 heavy (non-hydrogen) atoms. The highest BCUT2D eigenvalue weighted by Gasteiger charge is 2.34. The first-order valence-corrected chi connectivity index (χ1v) is 7.40. The maximum Gasteiger partial charge on any atom is 0.00725 e. The molecule has 0 amide bonds. The smallest absolute Gasteiger partial charge is 0.00725 e. The SMILES string of the molecule is CCCNC1CCC(C)(Cc2ccc(C)cc2)C1. The number of benzene rings is 1. The predicted molar refractivity (Wildman–Crippen MR) is 78.9 cm³/mol. The zero-order chi connectivity index (χ0) is 13.0. The molecule has 0 bridgehead atoms. The third-order valence-electron chi connectivity index (χ3n) is 4.27. The van der Waals surface area contributed by atoms with Crippen LogP contribution in [0.3, 0.4) is 0 Å². The number of aryl methyl sites for hydroxylation is 1. The van der Waals surface area contributed by atoms with Gasteiger partial charge in [-0.25, -0.2) is 0 Å². The van der Waals surface area contributed by atoms with Gasteiger partial charge in [0.2, 0.25) is 0 Å². The topological polar surface area (TPSA) is 12.0 Å². The molecule has 2 atom stereocenters. The lowest BCUT2D eigenvalue weighted by Crippen LogP contribution is -2.28. The summed E-state index contributed by atoms with van der Waals surface area (Å²) in [4.78, 5) is 0. The molecule has 0 spiro atoms. The fraction of sp³-hybridized carbons (Fsp3) is 0.647. The fourth-order valence-corrected chi connectivity index (χ4v) is 3.20. The molecule has 0 saturated heterocycles. The van der Waals surface area contributed by atoms with E-state index in [0.29, 0.717) is 5.41 Å². The summed E-state index contributed by atoms with van der Waals surface area (Å²) in [5.41, 5.74) is 3.36. The van der Waals surface area contributed by atoms with E-state index in [1.165, 1.54) is 49.8 Å². The number of rotatable bonds is 5. The van der Waals surface area contributed by atoms with Crippen molar-refractivity contribution in [3.8, 4) is 0 Å². The third kappa shape index (κ3) is 3.58. The molecule has 0 radical (unpaired) electrons. The largest absolute Gasteiger partial charge is 0.314 e. The van der Waals surface area contributed by atoms with Crippen molar-refractivity contribution in [2.75, 3.05) is 6.54 Å². The van der Waals surface area contributed by atoms with E-state index >= 15 is 0 Å². The van der Waals surface area contributed by atoms with Crippen LogP contribution in [0.15, 0.2) is 24.3 Å². The molecule has 1 aromatic rings. The quantitative estimate of drug-likeness (QED) is 0.823. The molecule has 1 saturated carbocycles. The number of hydrogen-bond donors (Lipinski definition) is 1. The Morgan fingerprint density at radius 1 is 1.28 bits per heavy atom. The molecule has 1 heteroatoms. The minimum atomic E-state index is 0.501. The van der Waals surface area contributed by atoms with Crippen molar-refractivity contribution in [1.82, 2.24) is 5.32 Å². The van der Waals surface area contributed by atoms with E-state index in [2.05, 4.69) is 50.4 Å². The normalized spacial score (nSPS) is 27.6. The zero-order valence-electron chi connectivity index (χ0n) is 12.1. The van der Waals surface area contributed by atoms with E-state index in [-0.39, 0.29) is 0 Å². The lowest BCUT2D eigenvalue weighted by Gasteiger charge is -2.24. The molecule has 2 rings (SSSR count). The summed E-state index contributed by atoms with van der Waals surface area (Å²) in [6.07, 6.45) is 6.52. The van der Waals surface area contributed by atoms with Crippen LogP contribution in [0.4, 0.5) is 0 Å². The second-order valence-corrected chi connectivity index (χ2v) is 6.37. The molecule has 0 heterocycles. The van der Waals surface area contributed by atoms with E-state index in [1.54, 1.807) is 0 Å². The van der Waals surface area contributed by atoms with Crippen LogP contribution in [0, 0.1) is 12.3 Å². The van der Waals surface area contributed by atoms with Crippen molar-refractivity contribution < 1.29 is 0 Å². The molecule has 1 aliphatic carbocycles. The summed E-state index contributed by atoms with van der Waals surface area (Å²) in [5, 5.41) is 3.68. The Morgan fingerprint density at radius 2 is 2.00 bits per heavy atom. The molecule has 1 aliphatic rings. The van der Waals surface area contributed by atoms with Gasteiger partial charge in [0.05, 0.1) is 0 Å². The standard InChI is InChI=1S/C17H27N/c1-4-11-18-16-9-10-17(3,13-16)12-15-7-5-14(2)6-8-15/h5-8,16,18H,4,9-13H2,1-3H3. The highest BCUT2D eigenvalue weighted by atomic mass is 14.9. The number of nitrogens with one attached hydrogen (secondary N) is 1. The van der Waals surface area contributed by atoms with Crippen molar-refractivity contribution in [1.29, 1.82) is 0 Å². The van der Waals surface area contributed by atoms with Gasteiger partial charge in [-0.3, -0.25) is 0 Å². The minimum absolute atomic E-state index is 0.501. The fourth-order valence-electron chi connectivity index (χ4n) is 3.20. The number of hydrogen-bond acceptors (Lipinski definition) is 1. The Kier molecular flexibility index (Phi) is 4.45. The third-order valence-corrected chi connectivity index (χ3v) is 4.27. The summed E-state index contributed by atoms with van der Waals surface area (Å²) in [6, 6.07) is 9.82. The highest BCUT2D eigenvalue weighted by molar-refractivity contribution is 5.22. The lowest BCUT2D eigenvalue weighted by atomic mass is 9.82. The summed E-state index contributed by atoms with van der Waals surface area (Å²) in [5.74, 6) is 0. The van der Waals surface area contributed by atoms with Crippen LogP contribution < -0.4 is 5.32 Å². The Balaban J connectivity index is 1.91. The van der Waals surface area contributed by atoms with E-state index < -0.39 is 0 Å². The van der Waals surface area contributed by atoms with Gasteiger partial charge in [-0.05, 0) is 56.6 Å². The van der Waals surface area contributed by atoms with Crippen molar-refractivity contribution in [2.24, 2.45) is 5.41 Å². The van der Waals surface area contributed by atoms with Gasteiger partial charge in [0.15, 0.2) is 0 Å². The van der Waals surface area contributed by atoms with Gasteiger partial charge in [-0.1, -0.05) is 43.7 Å². The maximum absolute atomic E-state index is 3.68. The van der Waals surface area contributed by atoms with Gasteiger partial charge in [0.1, 0.15) is 0 Å². The van der Waals surface area contributed by atoms with Crippen LogP contribution in [0.2, 0.25) is 0 Å². The van der Waals surface area contributed by atoms with E-state index in [0.717, 1.165) is 6.04 Å². The average Bonchev–Trinajstić information content (AvgIpc) is 2.71. The minimum Gasteiger partial charge on any atom is -0.314 e. The van der Waals surface area contributed by atoms with Crippen LogP contribution >= 0.6 is 0 Å². The molecule has 2 unspecified atom stereocenters. The average molecular weight is 245 g/mol. The first-order valence-electron chi connectivity index (χ1n) is 7.40. The van der Waals surface area contributed by atoms with Crippen LogP contribution in [-0.4, -0.2) is 12.6 Å². The van der Waals surface area contributed by atoms with E-state index in [9.17, 15) is 0 Å². The monoisotopic (exact) mass is 245 g/mol. The Labute approximate surface area is 112 Å².